The van der Waals surface area contributed by atoms with Crippen molar-refractivity contribution in [3.63, 3.8) is 0 Å². The number of benzene rings is 1. The van der Waals surface area contributed by atoms with E-state index < -0.39 is 0 Å². The molecule has 1 heterocycles. The van der Waals surface area contributed by atoms with Gasteiger partial charge in [-0.15, -0.1) is 0 Å². The first-order valence-corrected chi connectivity index (χ1v) is 7.68. The van der Waals surface area contributed by atoms with Crippen molar-refractivity contribution in [1.29, 1.82) is 0 Å². The number of aryl methyl sites for hydroxylation is 1. The van der Waals surface area contributed by atoms with Crippen LogP contribution in [-0.2, 0) is 0 Å². The Kier molecular flexibility index (Phi) is 3.25. The van der Waals surface area contributed by atoms with E-state index in [9.17, 15) is 0 Å². The Labute approximate surface area is 112 Å². The molecular formula is C15H20N2S. The van der Waals surface area contributed by atoms with Crippen LogP contribution in [-0.4, -0.2) is 11.0 Å². The first-order chi connectivity index (χ1) is 8.72. The molecule has 3 rings (SSSR count). The van der Waals surface area contributed by atoms with Crippen LogP contribution < -0.4 is 5.32 Å². The molecule has 1 saturated carbocycles. The van der Waals surface area contributed by atoms with E-state index in [4.69, 9.17) is 0 Å². The average molecular weight is 260 g/mol. The molecule has 1 fully saturated rings. The quantitative estimate of drug-likeness (QED) is 0.872. The van der Waals surface area contributed by atoms with Gasteiger partial charge in [0.2, 0.25) is 0 Å². The molecule has 0 radical (unpaired) electrons. The van der Waals surface area contributed by atoms with Crippen LogP contribution in [0.4, 0.5) is 5.13 Å². The maximum absolute atomic E-state index is 4.67. The van der Waals surface area contributed by atoms with Gasteiger partial charge in [0.25, 0.3) is 0 Å². The van der Waals surface area contributed by atoms with E-state index in [1.165, 1.54) is 35.9 Å². The highest BCUT2D eigenvalue weighted by Crippen LogP contribution is 2.32. The average Bonchev–Trinajstić information content (AvgIpc) is 2.95. The fraction of sp³-hybridized carbons (Fsp3) is 0.533. The fourth-order valence-corrected chi connectivity index (χ4v) is 3.92. The zero-order valence-corrected chi connectivity index (χ0v) is 11.9. The molecule has 1 aliphatic carbocycles. The van der Waals surface area contributed by atoms with Crippen LogP contribution in [0, 0.1) is 12.8 Å². The molecule has 1 N–H and O–H groups in total. The van der Waals surface area contributed by atoms with Crippen molar-refractivity contribution in [3.05, 3.63) is 23.8 Å². The second-order valence-corrected chi connectivity index (χ2v) is 6.50. The third-order valence-corrected chi connectivity index (χ3v) is 4.95. The molecule has 0 amide bonds. The van der Waals surface area contributed by atoms with Crippen molar-refractivity contribution in [2.24, 2.45) is 5.92 Å². The summed E-state index contributed by atoms with van der Waals surface area (Å²) in [5.74, 6) is 0.832. The molecule has 18 heavy (non-hydrogen) atoms. The molecule has 0 aliphatic heterocycles. The number of hydrogen-bond donors (Lipinski definition) is 1. The smallest absolute Gasteiger partial charge is 0.184 e. The Balaban J connectivity index is 1.77. The van der Waals surface area contributed by atoms with E-state index in [1.54, 1.807) is 11.3 Å². The van der Waals surface area contributed by atoms with Gasteiger partial charge in [0.1, 0.15) is 0 Å². The van der Waals surface area contributed by atoms with Crippen LogP contribution in [0.2, 0.25) is 0 Å². The Morgan fingerprint density at radius 2 is 2.11 bits per heavy atom. The van der Waals surface area contributed by atoms with Crippen molar-refractivity contribution >= 4 is 26.7 Å². The Morgan fingerprint density at radius 3 is 2.89 bits per heavy atom. The highest BCUT2D eigenvalue weighted by molar-refractivity contribution is 7.22. The maximum Gasteiger partial charge on any atom is 0.184 e. The van der Waals surface area contributed by atoms with Gasteiger partial charge in [-0.2, -0.15) is 0 Å². The third kappa shape index (κ3) is 2.37. The first kappa shape index (κ1) is 12.0. The van der Waals surface area contributed by atoms with Crippen molar-refractivity contribution in [3.8, 4) is 0 Å². The van der Waals surface area contributed by atoms with Gasteiger partial charge in [-0.1, -0.05) is 30.2 Å². The molecule has 1 atom stereocenters. The number of thiazole rings is 1. The minimum Gasteiger partial charge on any atom is -0.359 e. The zero-order valence-electron chi connectivity index (χ0n) is 11.1. The maximum atomic E-state index is 4.67. The van der Waals surface area contributed by atoms with Crippen LogP contribution in [0.15, 0.2) is 18.2 Å². The summed E-state index contributed by atoms with van der Waals surface area (Å²) in [6.45, 7) is 4.43. The van der Waals surface area contributed by atoms with E-state index in [0.717, 1.165) is 16.6 Å². The third-order valence-electron chi connectivity index (χ3n) is 4.00. The van der Waals surface area contributed by atoms with Crippen molar-refractivity contribution in [2.75, 3.05) is 5.32 Å². The topological polar surface area (TPSA) is 24.9 Å². The number of fused-ring (bicyclic) bond motifs is 1. The monoisotopic (exact) mass is 260 g/mol. The van der Waals surface area contributed by atoms with Crippen LogP contribution >= 0.6 is 11.3 Å². The molecule has 2 aromatic rings. The fourth-order valence-electron chi connectivity index (χ4n) is 2.86. The van der Waals surface area contributed by atoms with Crippen LogP contribution in [0.25, 0.3) is 10.2 Å². The lowest BCUT2D eigenvalue weighted by molar-refractivity contribution is 0.482. The van der Waals surface area contributed by atoms with Gasteiger partial charge >= 0.3 is 0 Å². The second-order valence-electron chi connectivity index (χ2n) is 5.47. The number of anilines is 1. The van der Waals surface area contributed by atoms with Crippen molar-refractivity contribution in [2.45, 2.75) is 45.6 Å². The van der Waals surface area contributed by atoms with Gasteiger partial charge < -0.3 is 5.32 Å². The lowest BCUT2D eigenvalue weighted by atomic mass is 10.0. The van der Waals surface area contributed by atoms with Crippen molar-refractivity contribution in [1.82, 2.24) is 4.98 Å². The Bertz CT molecular complexity index is 540. The summed E-state index contributed by atoms with van der Waals surface area (Å²) >= 11 is 1.78. The molecule has 3 heteroatoms. The largest absolute Gasteiger partial charge is 0.359 e. The van der Waals surface area contributed by atoms with Gasteiger partial charge in [0, 0.05) is 6.04 Å². The van der Waals surface area contributed by atoms with Crippen LogP contribution in [0.5, 0.6) is 0 Å². The highest BCUT2D eigenvalue weighted by Gasteiger charge is 2.22. The summed E-state index contributed by atoms with van der Waals surface area (Å²) < 4.78 is 1.29. The molecular weight excluding hydrogens is 240 g/mol. The molecule has 1 aliphatic rings. The van der Waals surface area contributed by atoms with Crippen molar-refractivity contribution < 1.29 is 0 Å². The Morgan fingerprint density at radius 1 is 1.33 bits per heavy atom. The summed E-state index contributed by atoms with van der Waals surface area (Å²) in [6.07, 6.45) is 5.54. The molecule has 1 aromatic carbocycles. The first-order valence-electron chi connectivity index (χ1n) is 6.86. The second kappa shape index (κ2) is 4.88. The molecule has 0 spiro atoms. The van der Waals surface area contributed by atoms with Gasteiger partial charge in [-0.25, -0.2) is 4.98 Å². The normalized spacial score (nSPS) is 18.3. The highest BCUT2D eigenvalue weighted by atomic mass is 32.1. The lowest BCUT2D eigenvalue weighted by Gasteiger charge is -2.19. The number of rotatable bonds is 3. The van der Waals surface area contributed by atoms with E-state index in [2.05, 4.69) is 42.3 Å². The van der Waals surface area contributed by atoms with Gasteiger partial charge in [0.15, 0.2) is 5.13 Å². The number of nitrogens with zero attached hydrogens (tertiary/aromatic N) is 1. The SMILES string of the molecule is Cc1ccc2nc(NC(C)C3CCCC3)sc2c1. The number of nitrogens with one attached hydrogen (secondary N) is 1. The molecule has 0 saturated heterocycles. The predicted molar refractivity (Wildman–Crippen MR) is 79.4 cm³/mol. The molecule has 96 valence electrons. The summed E-state index contributed by atoms with van der Waals surface area (Å²) in [4.78, 5) is 4.67. The number of hydrogen-bond acceptors (Lipinski definition) is 3. The van der Waals surface area contributed by atoms with Crippen LogP contribution in [0.3, 0.4) is 0 Å². The van der Waals surface area contributed by atoms with E-state index >= 15 is 0 Å². The molecule has 1 unspecified atom stereocenters. The predicted octanol–water partition coefficient (Wildman–Crippen LogP) is 4.60. The van der Waals surface area contributed by atoms with Gasteiger partial charge in [-0.05, 0) is 50.3 Å². The molecule has 0 bridgehead atoms. The minimum absolute atomic E-state index is 0.550. The molecule has 1 aromatic heterocycles. The van der Waals surface area contributed by atoms with E-state index in [0.29, 0.717) is 6.04 Å². The summed E-state index contributed by atoms with van der Waals surface area (Å²) in [7, 11) is 0. The Hall–Kier alpha value is -1.09. The number of aromatic nitrogens is 1. The van der Waals surface area contributed by atoms with Gasteiger partial charge in [0.05, 0.1) is 10.2 Å². The summed E-state index contributed by atoms with van der Waals surface area (Å²) in [5, 5.41) is 4.68. The summed E-state index contributed by atoms with van der Waals surface area (Å²) in [5.41, 5.74) is 2.42. The molecule has 2 nitrogen and oxygen atoms in total. The minimum atomic E-state index is 0.550. The van der Waals surface area contributed by atoms with E-state index in [-0.39, 0.29) is 0 Å². The lowest BCUT2D eigenvalue weighted by Crippen LogP contribution is -2.23. The van der Waals surface area contributed by atoms with E-state index in [1.807, 2.05) is 0 Å². The zero-order chi connectivity index (χ0) is 12.5. The van der Waals surface area contributed by atoms with Gasteiger partial charge in [-0.3, -0.25) is 0 Å². The summed E-state index contributed by atoms with van der Waals surface area (Å²) in [6, 6.07) is 7.02. The standard InChI is InChI=1S/C15H20N2S/c1-10-7-8-13-14(9-10)18-15(17-13)16-11(2)12-5-3-4-6-12/h7-9,11-12H,3-6H2,1-2H3,(H,16,17). The van der Waals surface area contributed by atoms with Crippen LogP contribution in [0.1, 0.15) is 38.2 Å².